The van der Waals surface area contributed by atoms with E-state index in [2.05, 4.69) is 0 Å². The summed E-state index contributed by atoms with van der Waals surface area (Å²) in [6.07, 6.45) is 0. The first-order chi connectivity index (χ1) is 9.88. The van der Waals surface area contributed by atoms with Gasteiger partial charge in [0.05, 0.1) is 4.92 Å². The van der Waals surface area contributed by atoms with E-state index in [1.165, 1.54) is 19.1 Å². The molecule has 0 spiro atoms. The SMILES string of the molecule is CC(=O)c1ccc(Oc2ccc(F)c(F)c2)c([N+](=O)[O-])c1. The second-order valence-electron chi connectivity index (χ2n) is 4.17. The number of hydrogen-bond donors (Lipinski definition) is 0. The number of nitrogens with zero attached hydrogens (tertiary/aromatic N) is 1. The van der Waals surface area contributed by atoms with E-state index < -0.39 is 22.2 Å². The molecule has 2 aromatic rings. The van der Waals surface area contributed by atoms with Gasteiger partial charge in [-0.05, 0) is 31.2 Å². The molecular weight excluding hydrogens is 284 g/mol. The molecule has 21 heavy (non-hydrogen) atoms. The fourth-order valence-corrected chi connectivity index (χ4v) is 1.63. The van der Waals surface area contributed by atoms with Gasteiger partial charge in [-0.25, -0.2) is 8.78 Å². The van der Waals surface area contributed by atoms with Crippen LogP contribution in [-0.2, 0) is 0 Å². The molecule has 2 aromatic carbocycles. The summed E-state index contributed by atoms with van der Waals surface area (Å²) in [5.41, 5.74) is -0.285. The lowest BCUT2D eigenvalue weighted by Crippen LogP contribution is -1.98. The van der Waals surface area contributed by atoms with Crippen LogP contribution in [0.5, 0.6) is 11.5 Å². The molecule has 0 radical (unpaired) electrons. The summed E-state index contributed by atoms with van der Waals surface area (Å²) in [6.45, 7) is 1.27. The minimum Gasteiger partial charge on any atom is -0.450 e. The normalized spacial score (nSPS) is 10.2. The summed E-state index contributed by atoms with van der Waals surface area (Å²) >= 11 is 0. The third-order valence-corrected chi connectivity index (χ3v) is 2.68. The van der Waals surface area contributed by atoms with Crippen LogP contribution in [-0.4, -0.2) is 10.7 Å². The van der Waals surface area contributed by atoms with Gasteiger partial charge in [-0.2, -0.15) is 0 Å². The standard InChI is InChI=1S/C14H9F2NO4/c1-8(18)9-2-5-14(13(6-9)17(19)20)21-10-3-4-11(15)12(16)7-10/h2-7H,1H3. The van der Waals surface area contributed by atoms with E-state index in [4.69, 9.17) is 4.74 Å². The van der Waals surface area contributed by atoms with E-state index in [1.807, 2.05) is 0 Å². The van der Waals surface area contributed by atoms with Crippen LogP contribution >= 0.6 is 0 Å². The maximum Gasteiger partial charge on any atom is 0.312 e. The van der Waals surface area contributed by atoms with Gasteiger partial charge in [0.2, 0.25) is 5.75 Å². The highest BCUT2D eigenvalue weighted by Gasteiger charge is 2.18. The first-order valence-corrected chi connectivity index (χ1v) is 5.81. The second kappa shape index (κ2) is 5.66. The lowest BCUT2D eigenvalue weighted by molar-refractivity contribution is -0.385. The van der Waals surface area contributed by atoms with Crippen molar-refractivity contribution in [3.05, 3.63) is 63.7 Å². The van der Waals surface area contributed by atoms with Gasteiger partial charge < -0.3 is 4.74 Å². The smallest absolute Gasteiger partial charge is 0.312 e. The molecule has 2 rings (SSSR count). The molecular formula is C14H9F2NO4. The maximum atomic E-state index is 13.1. The van der Waals surface area contributed by atoms with Crippen molar-refractivity contribution in [2.24, 2.45) is 0 Å². The molecule has 0 saturated carbocycles. The minimum atomic E-state index is -1.13. The minimum absolute atomic E-state index is 0.0902. The van der Waals surface area contributed by atoms with Gasteiger partial charge in [0, 0.05) is 17.7 Å². The number of benzene rings is 2. The molecule has 0 fully saturated rings. The lowest BCUT2D eigenvalue weighted by Gasteiger charge is -2.07. The Hall–Kier alpha value is -2.83. The Morgan fingerprint density at radius 2 is 1.86 bits per heavy atom. The van der Waals surface area contributed by atoms with Gasteiger partial charge in [0.25, 0.3) is 0 Å². The number of nitro benzene ring substituents is 1. The van der Waals surface area contributed by atoms with Crippen LogP contribution < -0.4 is 4.74 Å². The van der Waals surface area contributed by atoms with Crippen LogP contribution in [0.4, 0.5) is 14.5 Å². The lowest BCUT2D eigenvalue weighted by atomic mass is 10.1. The number of hydrogen-bond acceptors (Lipinski definition) is 4. The van der Waals surface area contributed by atoms with Gasteiger partial charge in [-0.1, -0.05) is 0 Å². The Labute approximate surface area is 117 Å². The zero-order valence-electron chi connectivity index (χ0n) is 10.8. The summed E-state index contributed by atoms with van der Waals surface area (Å²) in [6, 6.07) is 6.41. The molecule has 0 atom stereocenters. The number of carbonyl (C=O) groups is 1. The van der Waals surface area contributed by atoms with Gasteiger partial charge in [0.15, 0.2) is 17.4 Å². The Kier molecular flexibility index (Phi) is 3.93. The Morgan fingerprint density at radius 3 is 2.43 bits per heavy atom. The molecule has 0 N–H and O–H groups in total. The van der Waals surface area contributed by atoms with Crippen LogP contribution in [0.25, 0.3) is 0 Å². The summed E-state index contributed by atoms with van der Waals surface area (Å²) < 4.78 is 31.1. The fraction of sp³-hybridized carbons (Fsp3) is 0.0714. The van der Waals surface area contributed by atoms with Crippen molar-refractivity contribution >= 4 is 11.5 Å². The molecule has 0 bridgehead atoms. The van der Waals surface area contributed by atoms with Gasteiger partial charge >= 0.3 is 5.69 Å². The molecule has 0 saturated heterocycles. The van der Waals surface area contributed by atoms with Crippen molar-refractivity contribution in [2.45, 2.75) is 6.92 Å². The molecule has 0 unspecified atom stereocenters. The first kappa shape index (κ1) is 14.6. The highest BCUT2D eigenvalue weighted by atomic mass is 19.2. The molecule has 0 amide bonds. The third kappa shape index (κ3) is 3.19. The average molecular weight is 293 g/mol. The fourth-order valence-electron chi connectivity index (χ4n) is 1.63. The van der Waals surface area contributed by atoms with E-state index in [0.29, 0.717) is 0 Å². The van der Waals surface area contributed by atoms with Crippen molar-refractivity contribution in [3.8, 4) is 11.5 Å². The number of halogens is 2. The van der Waals surface area contributed by atoms with E-state index in [1.54, 1.807) is 0 Å². The highest BCUT2D eigenvalue weighted by molar-refractivity contribution is 5.95. The van der Waals surface area contributed by atoms with Crippen LogP contribution in [0.15, 0.2) is 36.4 Å². The largest absolute Gasteiger partial charge is 0.450 e. The molecule has 5 nitrogen and oxygen atoms in total. The van der Waals surface area contributed by atoms with E-state index in [0.717, 1.165) is 24.3 Å². The second-order valence-corrected chi connectivity index (χ2v) is 4.17. The number of ketones is 1. The third-order valence-electron chi connectivity index (χ3n) is 2.68. The molecule has 108 valence electrons. The predicted octanol–water partition coefficient (Wildman–Crippen LogP) is 3.87. The predicted molar refractivity (Wildman–Crippen MR) is 69.5 cm³/mol. The maximum absolute atomic E-state index is 13.1. The average Bonchev–Trinajstić information content (AvgIpc) is 2.43. The van der Waals surface area contributed by atoms with E-state index in [9.17, 15) is 23.7 Å². The number of Topliss-reactive ketones (excluding diaryl/α,β-unsaturated/α-hetero) is 1. The van der Waals surface area contributed by atoms with E-state index in [-0.39, 0.29) is 22.8 Å². The molecule has 0 aromatic heterocycles. The van der Waals surface area contributed by atoms with Crippen LogP contribution in [0.3, 0.4) is 0 Å². The molecule has 7 heteroatoms. The first-order valence-electron chi connectivity index (χ1n) is 5.81. The Bertz CT molecular complexity index is 731. The van der Waals surface area contributed by atoms with Crippen LogP contribution in [0.2, 0.25) is 0 Å². The molecule has 0 aliphatic heterocycles. The molecule has 0 heterocycles. The summed E-state index contributed by atoms with van der Waals surface area (Å²) in [4.78, 5) is 21.5. The Morgan fingerprint density at radius 1 is 1.14 bits per heavy atom. The number of nitro groups is 1. The topological polar surface area (TPSA) is 69.4 Å². The highest BCUT2D eigenvalue weighted by Crippen LogP contribution is 2.32. The van der Waals surface area contributed by atoms with Crippen LogP contribution in [0, 0.1) is 21.7 Å². The summed E-state index contributed by atoms with van der Waals surface area (Å²) in [5.74, 6) is -2.78. The summed E-state index contributed by atoms with van der Waals surface area (Å²) in [5, 5.41) is 11.0. The molecule has 0 aliphatic carbocycles. The van der Waals surface area contributed by atoms with Gasteiger partial charge in [-0.15, -0.1) is 0 Å². The number of carbonyl (C=O) groups excluding carboxylic acids is 1. The zero-order chi connectivity index (χ0) is 15.6. The van der Waals surface area contributed by atoms with E-state index >= 15 is 0 Å². The Balaban J connectivity index is 2.41. The monoisotopic (exact) mass is 293 g/mol. The van der Waals surface area contributed by atoms with Gasteiger partial charge in [-0.3, -0.25) is 14.9 Å². The zero-order valence-corrected chi connectivity index (χ0v) is 10.8. The van der Waals surface area contributed by atoms with Crippen molar-refractivity contribution in [2.75, 3.05) is 0 Å². The molecule has 0 aliphatic rings. The quantitative estimate of drug-likeness (QED) is 0.487. The van der Waals surface area contributed by atoms with Crippen LogP contribution in [0.1, 0.15) is 17.3 Å². The van der Waals surface area contributed by atoms with Crippen molar-refractivity contribution in [3.63, 3.8) is 0 Å². The summed E-state index contributed by atoms with van der Waals surface area (Å²) in [7, 11) is 0. The van der Waals surface area contributed by atoms with Gasteiger partial charge in [0.1, 0.15) is 5.75 Å². The van der Waals surface area contributed by atoms with Crippen molar-refractivity contribution in [1.82, 2.24) is 0 Å². The number of ether oxygens (including phenoxy) is 1. The van der Waals surface area contributed by atoms with Crippen molar-refractivity contribution < 1.29 is 23.2 Å². The van der Waals surface area contributed by atoms with Crippen molar-refractivity contribution in [1.29, 1.82) is 0 Å². The number of rotatable bonds is 4.